The van der Waals surface area contributed by atoms with Crippen LogP contribution in [0.5, 0.6) is 5.75 Å². The van der Waals surface area contributed by atoms with Crippen LogP contribution in [0.1, 0.15) is 23.8 Å². The Morgan fingerprint density at radius 3 is 2.59 bits per heavy atom. The fourth-order valence-electron chi connectivity index (χ4n) is 3.53. The van der Waals surface area contributed by atoms with Gasteiger partial charge in [0, 0.05) is 25.8 Å². The molecule has 9 heteroatoms. The molecule has 0 aliphatic carbocycles. The highest BCUT2D eigenvalue weighted by molar-refractivity contribution is 6.02. The van der Waals surface area contributed by atoms with Gasteiger partial charge in [-0.2, -0.15) is 5.10 Å². The number of nitrogens with one attached hydrogen (secondary N) is 1. The van der Waals surface area contributed by atoms with Crippen molar-refractivity contribution >= 4 is 22.9 Å². The molecule has 0 radical (unpaired) electrons. The molecule has 0 atom stereocenters. The molecule has 2 aromatic carbocycles. The van der Waals surface area contributed by atoms with E-state index < -0.39 is 5.91 Å². The molecule has 0 aliphatic rings. The number of hydrogen-bond acceptors (Lipinski definition) is 6. The number of imidazole rings is 1. The minimum Gasteiger partial charge on any atom is -0.492 e. The number of hydrogen-bond donors (Lipinski definition) is 1. The van der Waals surface area contributed by atoms with Crippen molar-refractivity contribution in [1.29, 1.82) is 0 Å². The Balaban J connectivity index is 1.48. The van der Waals surface area contributed by atoms with Gasteiger partial charge >= 0.3 is 0 Å². The molecule has 2 heterocycles. The van der Waals surface area contributed by atoms with Gasteiger partial charge in [-0.15, -0.1) is 0 Å². The predicted octanol–water partition coefficient (Wildman–Crippen LogP) is 3.35. The van der Waals surface area contributed by atoms with Crippen molar-refractivity contribution < 1.29 is 14.3 Å². The van der Waals surface area contributed by atoms with Gasteiger partial charge in [-0.3, -0.25) is 14.9 Å². The fourth-order valence-corrected chi connectivity index (χ4v) is 3.53. The minimum absolute atomic E-state index is 0.118. The van der Waals surface area contributed by atoms with Gasteiger partial charge < -0.3 is 14.0 Å². The van der Waals surface area contributed by atoms with Gasteiger partial charge in [0.1, 0.15) is 18.1 Å². The average molecular weight is 462 g/mol. The first kappa shape index (κ1) is 23.2. The molecule has 0 saturated heterocycles. The maximum Gasteiger partial charge on any atom is 0.278 e. The number of aromatic nitrogens is 4. The van der Waals surface area contributed by atoms with E-state index >= 15 is 0 Å². The van der Waals surface area contributed by atoms with E-state index in [1.807, 2.05) is 66.1 Å². The lowest BCUT2D eigenvalue weighted by Gasteiger charge is -2.11. The molecule has 0 aliphatic heterocycles. The fraction of sp³-hybridized carbons (Fsp3) is 0.280. The summed E-state index contributed by atoms with van der Waals surface area (Å²) in [5.41, 5.74) is 1.51. The van der Waals surface area contributed by atoms with Gasteiger partial charge in [0.25, 0.3) is 11.5 Å². The molecule has 4 aromatic rings. The van der Waals surface area contributed by atoms with Gasteiger partial charge in [0.05, 0.1) is 17.6 Å². The van der Waals surface area contributed by atoms with Crippen LogP contribution in [0.4, 0.5) is 5.95 Å². The van der Waals surface area contributed by atoms with Crippen molar-refractivity contribution in [1.82, 2.24) is 19.3 Å². The van der Waals surface area contributed by atoms with E-state index in [4.69, 9.17) is 9.47 Å². The molecule has 9 nitrogen and oxygen atoms in total. The lowest BCUT2D eigenvalue weighted by Crippen LogP contribution is -2.28. The average Bonchev–Trinajstić information content (AvgIpc) is 3.20. The molecule has 1 amide bonds. The number of anilines is 1. The van der Waals surface area contributed by atoms with Crippen LogP contribution in [-0.2, 0) is 17.8 Å². The second-order valence-electron chi connectivity index (χ2n) is 7.52. The molecule has 0 fully saturated rings. The van der Waals surface area contributed by atoms with Gasteiger partial charge in [-0.25, -0.2) is 9.67 Å². The van der Waals surface area contributed by atoms with Crippen molar-refractivity contribution in [2.75, 3.05) is 25.1 Å². The highest BCUT2D eigenvalue weighted by Gasteiger charge is 2.16. The molecule has 0 bridgehead atoms. The standard InChI is InChI=1S/C25H27N5O4/c1-2-33-17-8-15-29-22-12-7-6-11-20(22)26-25(29)27-24(32)21-13-14-23(31)30(28-21)16-18-34-19-9-4-3-5-10-19/h3-7,9-14H,2,8,15-18H2,1H3,(H,26,27,32). The summed E-state index contributed by atoms with van der Waals surface area (Å²) >= 11 is 0. The Morgan fingerprint density at radius 1 is 0.971 bits per heavy atom. The number of ether oxygens (including phenoxy) is 2. The van der Waals surface area contributed by atoms with E-state index in [1.54, 1.807) is 0 Å². The van der Waals surface area contributed by atoms with Crippen molar-refractivity contribution in [3.05, 3.63) is 82.8 Å². The SMILES string of the molecule is CCOCCCn1c(NC(=O)c2ccc(=O)n(CCOc3ccccc3)n2)nc2ccccc21. The Labute approximate surface area is 197 Å². The van der Waals surface area contributed by atoms with E-state index in [1.165, 1.54) is 16.8 Å². The van der Waals surface area contributed by atoms with Crippen LogP contribution < -0.4 is 15.6 Å². The Hall–Kier alpha value is -3.98. The molecular formula is C25H27N5O4. The van der Waals surface area contributed by atoms with Crippen LogP contribution in [-0.4, -0.2) is 45.1 Å². The number of carbonyl (C=O) groups is 1. The topological polar surface area (TPSA) is 100 Å². The number of para-hydroxylation sites is 3. The monoisotopic (exact) mass is 461 g/mol. The molecule has 0 spiro atoms. The van der Waals surface area contributed by atoms with Gasteiger partial charge in [0.2, 0.25) is 5.95 Å². The van der Waals surface area contributed by atoms with Crippen molar-refractivity contribution in [3.63, 3.8) is 0 Å². The number of fused-ring (bicyclic) bond motifs is 1. The van der Waals surface area contributed by atoms with Crippen molar-refractivity contribution in [2.24, 2.45) is 0 Å². The normalized spacial score (nSPS) is 11.0. The summed E-state index contributed by atoms with van der Waals surface area (Å²) in [6.07, 6.45) is 0.779. The molecule has 0 saturated carbocycles. The summed E-state index contributed by atoms with van der Waals surface area (Å²) in [5.74, 6) is 0.682. The van der Waals surface area contributed by atoms with Crippen molar-refractivity contribution in [2.45, 2.75) is 26.4 Å². The first-order chi connectivity index (χ1) is 16.7. The first-order valence-corrected chi connectivity index (χ1v) is 11.3. The van der Waals surface area contributed by atoms with Gasteiger partial charge in [0.15, 0.2) is 0 Å². The maximum atomic E-state index is 13.0. The van der Waals surface area contributed by atoms with Crippen LogP contribution in [0.25, 0.3) is 11.0 Å². The zero-order chi connectivity index (χ0) is 23.8. The summed E-state index contributed by atoms with van der Waals surface area (Å²) in [6.45, 7) is 4.33. The lowest BCUT2D eigenvalue weighted by molar-refractivity contribution is 0.101. The Kier molecular flexibility index (Phi) is 7.67. The zero-order valence-corrected chi connectivity index (χ0v) is 19.0. The molecule has 0 unspecified atom stereocenters. The van der Waals surface area contributed by atoms with E-state index in [0.29, 0.717) is 31.5 Å². The third kappa shape index (κ3) is 5.68. The molecule has 4 rings (SSSR count). The number of nitrogens with zero attached hydrogens (tertiary/aromatic N) is 4. The summed E-state index contributed by atoms with van der Waals surface area (Å²) in [7, 11) is 0. The Morgan fingerprint density at radius 2 is 1.76 bits per heavy atom. The summed E-state index contributed by atoms with van der Waals surface area (Å²) in [5, 5.41) is 7.07. The number of benzene rings is 2. The second-order valence-corrected chi connectivity index (χ2v) is 7.52. The van der Waals surface area contributed by atoms with Crippen LogP contribution in [0.2, 0.25) is 0 Å². The molecule has 1 N–H and O–H groups in total. The van der Waals surface area contributed by atoms with E-state index in [0.717, 1.165) is 17.5 Å². The van der Waals surface area contributed by atoms with Crippen LogP contribution in [0.15, 0.2) is 71.5 Å². The van der Waals surface area contributed by atoms with Crippen LogP contribution in [0, 0.1) is 0 Å². The number of rotatable bonds is 11. The van der Waals surface area contributed by atoms with Crippen LogP contribution in [0.3, 0.4) is 0 Å². The molecular weight excluding hydrogens is 434 g/mol. The summed E-state index contributed by atoms with van der Waals surface area (Å²) in [4.78, 5) is 29.8. The molecule has 2 aromatic heterocycles. The zero-order valence-electron chi connectivity index (χ0n) is 19.0. The van der Waals surface area contributed by atoms with Crippen LogP contribution >= 0.6 is 0 Å². The number of aryl methyl sites for hydroxylation is 1. The smallest absolute Gasteiger partial charge is 0.278 e. The van der Waals surface area contributed by atoms with E-state index in [9.17, 15) is 9.59 Å². The first-order valence-electron chi connectivity index (χ1n) is 11.3. The van der Waals surface area contributed by atoms with E-state index in [2.05, 4.69) is 15.4 Å². The number of amides is 1. The second kappa shape index (κ2) is 11.2. The van der Waals surface area contributed by atoms with Gasteiger partial charge in [-0.1, -0.05) is 30.3 Å². The molecule has 176 valence electrons. The summed E-state index contributed by atoms with van der Waals surface area (Å²) in [6, 6.07) is 19.7. The van der Waals surface area contributed by atoms with E-state index in [-0.39, 0.29) is 24.4 Å². The van der Waals surface area contributed by atoms with Gasteiger partial charge in [-0.05, 0) is 43.7 Å². The quantitative estimate of drug-likeness (QED) is 0.344. The predicted molar refractivity (Wildman–Crippen MR) is 129 cm³/mol. The number of carbonyl (C=O) groups excluding carboxylic acids is 1. The maximum absolute atomic E-state index is 13.0. The minimum atomic E-state index is -0.445. The lowest BCUT2D eigenvalue weighted by atomic mass is 10.3. The summed E-state index contributed by atoms with van der Waals surface area (Å²) < 4.78 is 14.3. The largest absolute Gasteiger partial charge is 0.492 e. The third-order valence-electron chi connectivity index (χ3n) is 5.17. The highest BCUT2D eigenvalue weighted by Crippen LogP contribution is 2.20. The Bertz CT molecular complexity index is 1300. The molecule has 34 heavy (non-hydrogen) atoms. The third-order valence-corrected chi connectivity index (χ3v) is 5.17. The van der Waals surface area contributed by atoms with Crippen molar-refractivity contribution in [3.8, 4) is 5.75 Å². The highest BCUT2D eigenvalue weighted by atomic mass is 16.5.